The summed E-state index contributed by atoms with van der Waals surface area (Å²) in [6.45, 7) is 1.84. The van der Waals surface area contributed by atoms with Crippen molar-refractivity contribution < 1.29 is 14.6 Å². The van der Waals surface area contributed by atoms with Gasteiger partial charge in [-0.3, -0.25) is 4.79 Å². The number of phenolic OH excluding ortho intramolecular Hbond substituents is 1. The van der Waals surface area contributed by atoms with Crippen LogP contribution in [0.4, 0.5) is 5.69 Å². The van der Waals surface area contributed by atoms with Crippen LogP contribution in [-0.4, -0.2) is 23.1 Å². The zero-order valence-electron chi connectivity index (χ0n) is 11.9. The lowest BCUT2D eigenvalue weighted by molar-refractivity contribution is -0.116. The van der Waals surface area contributed by atoms with Crippen LogP contribution in [0, 0.1) is 6.92 Å². The highest BCUT2D eigenvalue weighted by atomic mass is 16.5. The number of aryl methyl sites for hydroxylation is 1. The number of rotatable bonds is 2. The zero-order chi connectivity index (χ0) is 15.0. The van der Waals surface area contributed by atoms with Gasteiger partial charge in [-0.05, 0) is 35.7 Å². The van der Waals surface area contributed by atoms with Crippen molar-refractivity contribution in [3.8, 4) is 11.6 Å². The monoisotopic (exact) mass is 284 g/mol. The first-order valence-corrected chi connectivity index (χ1v) is 6.72. The van der Waals surface area contributed by atoms with Crippen molar-refractivity contribution in [2.75, 3.05) is 12.4 Å². The minimum absolute atomic E-state index is 0.0634. The normalized spacial score (nSPS) is 17.0. The summed E-state index contributed by atoms with van der Waals surface area (Å²) < 4.78 is 5.15. The summed E-state index contributed by atoms with van der Waals surface area (Å²) in [6, 6.07) is 7.25. The number of aromatic hydroxyl groups is 1. The Morgan fingerprint density at radius 3 is 2.95 bits per heavy atom. The van der Waals surface area contributed by atoms with Crippen molar-refractivity contribution in [3.05, 3.63) is 47.2 Å². The van der Waals surface area contributed by atoms with E-state index in [2.05, 4.69) is 10.3 Å². The minimum atomic E-state index is -0.0649. The minimum Gasteiger partial charge on any atom is -0.508 e. The van der Waals surface area contributed by atoms with E-state index >= 15 is 0 Å². The van der Waals surface area contributed by atoms with Gasteiger partial charge in [0.1, 0.15) is 5.75 Å². The SMILES string of the molecule is COc1cc(C2CC(=O)Nc3cc(O)c(C)cc32)ccn1. The van der Waals surface area contributed by atoms with E-state index in [4.69, 9.17) is 4.74 Å². The summed E-state index contributed by atoms with van der Waals surface area (Å²) in [6.07, 6.45) is 2.04. The van der Waals surface area contributed by atoms with Crippen molar-refractivity contribution in [3.63, 3.8) is 0 Å². The predicted molar refractivity (Wildman–Crippen MR) is 78.7 cm³/mol. The molecular formula is C16H16N2O3. The molecule has 0 saturated carbocycles. The number of ether oxygens (including phenoxy) is 1. The van der Waals surface area contributed by atoms with Crippen LogP contribution in [0.3, 0.4) is 0 Å². The zero-order valence-corrected chi connectivity index (χ0v) is 11.9. The average molecular weight is 284 g/mol. The van der Waals surface area contributed by atoms with E-state index in [-0.39, 0.29) is 17.6 Å². The number of aromatic nitrogens is 1. The summed E-state index contributed by atoms with van der Waals surface area (Å²) >= 11 is 0. The van der Waals surface area contributed by atoms with Gasteiger partial charge >= 0.3 is 0 Å². The highest BCUT2D eigenvalue weighted by Gasteiger charge is 2.27. The van der Waals surface area contributed by atoms with Crippen LogP contribution >= 0.6 is 0 Å². The van der Waals surface area contributed by atoms with Gasteiger partial charge in [-0.1, -0.05) is 0 Å². The van der Waals surface area contributed by atoms with Gasteiger partial charge in [0.2, 0.25) is 11.8 Å². The Balaban J connectivity index is 2.11. The Hall–Kier alpha value is -2.56. The van der Waals surface area contributed by atoms with Gasteiger partial charge in [-0.2, -0.15) is 0 Å². The first kappa shape index (κ1) is 13.4. The van der Waals surface area contributed by atoms with Crippen LogP contribution in [0.2, 0.25) is 0 Å². The Bertz CT molecular complexity index is 713. The van der Waals surface area contributed by atoms with Gasteiger partial charge in [0.15, 0.2) is 0 Å². The Morgan fingerprint density at radius 1 is 1.38 bits per heavy atom. The van der Waals surface area contributed by atoms with Crippen molar-refractivity contribution in [2.24, 2.45) is 0 Å². The quantitative estimate of drug-likeness (QED) is 0.889. The summed E-state index contributed by atoms with van der Waals surface area (Å²) in [4.78, 5) is 16.0. The number of fused-ring (bicyclic) bond motifs is 1. The molecule has 1 amide bonds. The molecule has 1 aliphatic heterocycles. The lowest BCUT2D eigenvalue weighted by atomic mass is 9.84. The number of methoxy groups -OCH3 is 1. The summed E-state index contributed by atoms with van der Waals surface area (Å²) in [5.74, 6) is 0.578. The number of hydrogen-bond acceptors (Lipinski definition) is 4. The van der Waals surface area contributed by atoms with Crippen LogP contribution in [0.15, 0.2) is 30.5 Å². The van der Waals surface area contributed by atoms with E-state index < -0.39 is 0 Å². The summed E-state index contributed by atoms with van der Waals surface area (Å²) in [5.41, 5.74) is 3.42. The molecule has 3 rings (SSSR count). The highest BCUT2D eigenvalue weighted by Crippen LogP contribution is 2.40. The second-order valence-corrected chi connectivity index (χ2v) is 5.16. The number of nitrogens with zero attached hydrogens (tertiary/aromatic N) is 1. The molecule has 1 aromatic heterocycles. The van der Waals surface area contributed by atoms with Gasteiger partial charge in [0, 0.05) is 36.4 Å². The first-order chi connectivity index (χ1) is 10.1. The number of anilines is 1. The van der Waals surface area contributed by atoms with Crippen molar-refractivity contribution in [1.82, 2.24) is 4.98 Å². The fraction of sp³-hybridized carbons (Fsp3) is 0.250. The molecule has 108 valence electrons. The Morgan fingerprint density at radius 2 is 2.19 bits per heavy atom. The van der Waals surface area contributed by atoms with Gasteiger partial charge in [-0.25, -0.2) is 4.98 Å². The third-order valence-electron chi connectivity index (χ3n) is 3.78. The number of benzene rings is 1. The molecule has 2 aromatic rings. The molecular weight excluding hydrogens is 268 g/mol. The van der Waals surface area contributed by atoms with E-state index in [0.29, 0.717) is 18.0 Å². The number of carbonyl (C=O) groups excluding carboxylic acids is 1. The molecule has 5 heteroatoms. The molecule has 5 nitrogen and oxygen atoms in total. The predicted octanol–water partition coefficient (Wildman–Crippen LogP) is 2.58. The van der Waals surface area contributed by atoms with E-state index in [1.165, 1.54) is 0 Å². The molecule has 1 atom stereocenters. The van der Waals surface area contributed by atoms with Crippen LogP contribution in [0.25, 0.3) is 0 Å². The molecule has 0 saturated heterocycles. The topological polar surface area (TPSA) is 71.5 Å². The lowest BCUT2D eigenvalue weighted by Gasteiger charge is -2.26. The van der Waals surface area contributed by atoms with Gasteiger partial charge in [0.25, 0.3) is 0 Å². The maximum Gasteiger partial charge on any atom is 0.225 e. The largest absolute Gasteiger partial charge is 0.508 e. The smallest absolute Gasteiger partial charge is 0.225 e. The van der Waals surface area contributed by atoms with Gasteiger partial charge in [0.05, 0.1) is 7.11 Å². The maximum absolute atomic E-state index is 11.9. The molecule has 0 bridgehead atoms. The molecule has 0 fully saturated rings. The van der Waals surface area contributed by atoms with E-state index in [1.54, 1.807) is 19.4 Å². The van der Waals surface area contributed by atoms with E-state index in [0.717, 1.165) is 16.7 Å². The number of pyridine rings is 1. The number of carbonyl (C=O) groups is 1. The van der Waals surface area contributed by atoms with Gasteiger partial charge < -0.3 is 15.2 Å². The summed E-state index contributed by atoms with van der Waals surface area (Å²) in [7, 11) is 1.57. The second-order valence-electron chi connectivity index (χ2n) is 5.16. The average Bonchev–Trinajstić information content (AvgIpc) is 2.48. The van der Waals surface area contributed by atoms with Crippen molar-refractivity contribution >= 4 is 11.6 Å². The van der Waals surface area contributed by atoms with Crippen LogP contribution < -0.4 is 10.1 Å². The summed E-state index contributed by atoms with van der Waals surface area (Å²) in [5, 5.41) is 12.6. The van der Waals surface area contributed by atoms with E-state index in [1.807, 2.05) is 25.1 Å². The molecule has 1 aromatic carbocycles. The molecule has 0 aliphatic carbocycles. The molecule has 21 heavy (non-hydrogen) atoms. The van der Waals surface area contributed by atoms with Crippen LogP contribution in [-0.2, 0) is 4.79 Å². The third kappa shape index (κ3) is 2.42. The lowest BCUT2D eigenvalue weighted by Crippen LogP contribution is -2.23. The van der Waals surface area contributed by atoms with E-state index in [9.17, 15) is 9.90 Å². The van der Waals surface area contributed by atoms with Gasteiger partial charge in [-0.15, -0.1) is 0 Å². The second kappa shape index (κ2) is 5.09. The third-order valence-corrected chi connectivity index (χ3v) is 3.78. The number of phenols is 1. The van der Waals surface area contributed by atoms with Crippen LogP contribution in [0.5, 0.6) is 11.6 Å². The Labute approximate surface area is 122 Å². The molecule has 2 N–H and O–H groups in total. The molecule has 2 heterocycles. The molecule has 0 radical (unpaired) electrons. The molecule has 1 aliphatic rings. The Kier molecular flexibility index (Phi) is 3.25. The maximum atomic E-state index is 11.9. The number of nitrogens with one attached hydrogen (secondary N) is 1. The fourth-order valence-corrected chi connectivity index (χ4v) is 2.66. The molecule has 1 unspecified atom stereocenters. The van der Waals surface area contributed by atoms with Crippen molar-refractivity contribution in [2.45, 2.75) is 19.3 Å². The molecule has 0 spiro atoms. The number of hydrogen-bond donors (Lipinski definition) is 2. The number of amides is 1. The highest BCUT2D eigenvalue weighted by molar-refractivity contribution is 5.95. The van der Waals surface area contributed by atoms with Crippen LogP contribution in [0.1, 0.15) is 29.0 Å². The standard InChI is InChI=1S/C16H16N2O3/c1-9-5-12-11(10-3-4-17-16(6-10)21-2)7-15(20)18-13(12)8-14(9)19/h3-6,8,11,19H,7H2,1-2H3,(H,18,20). The van der Waals surface area contributed by atoms with Crippen molar-refractivity contribution in [1.29, 1.82) is 0 Å². The fourth-order valence-electron chi connectivity index (χ4n) is 2.66. The first-order valence-electron chi connectivity index (χ1n) is 6.72.